The second-order valence-electron chi connectivity index (χ2n) is 10.2. The number of phenols is 2. The number of nitrogens with zero attached hydrogens (tertiary/aromatic N) is 3. The number of pyridine rings is 1. The molecule has 1 aliphatic heterocycles. The summed E-state index contributed by atoms with van der Waals surface area (Å²) in [6, 6.07) is 13.5. The molecule has 0 saturated carbocycles. The number of carbonyl (C=O) groups excluding carboxylic acids is 3. The number of aromatic nitrogens is 3. The second-order valence-corrected chi connectivity index (χ2v) is 10.2. The van der Waals surface area contributed by atoms with E-state index in [2.05, 4.69) is 15.3 Å². The highest BCUT2D eigenvalue weighted by atomic mass is 16.5. The minimum Gasteiger partial charge on any atom is -0.508 e. The van der Waals surface area contributed by atoms with Crippen molar-refractivity contribution >= 4 is 35.2 Å². The molecule has 0 aliphatic carbocycles. The van der Waals surface area contributed by atoms with Crippen LogP contribution in [0.2, 0.25) is 0 Å². The molecular weight excluding hydrogens is 606 g/mol. The smallest absolute Gasteiger partial charge is 0.335 e. The zero-order valence-electron chi connectivity index (χ0n) is 25.0. The van der Waals surface area contributed by atoms with Crippen LogP contribution in [0.25, 0.3) is 17.3 Å². The number of allylic oxidation sites excluding steroid dienone is 4. The van der Waals surface area contributed by atoms with Gasteiger partial charge < -0.3 is 14.9 Å². The third kappa shape index (κ3) is 7.09. The Labute approximate surface area is 267 Å². The fraction of sp³-hybridized carbons (Fsp3) is 0.118. The average molecular weight is 636 g/mol. The maximum atomic E-state index is 13.8. The maximum absolute atomic E-state index is 13.8. The van der Waals surface area contributed by atoms with Gasteiger partial charge in [0.1, 0.15) is 22.6 Å². The van der Waals surface area contributed by atoms with Gasteiger partial charge in [-0.2, -0.15) is 0 Å². The molecule has 3 heterocycles. The number of H-pyrrole nitrogens is 1. The standard InChI is InChI=1S/C34H29N5O8/c1-2-3-18-47-30-28(32(44)39(34(46)37-30)24-7-5-9-26(41)20-24)13-11-21(22-14-16-35-17-15-22)10-12-27-29(42)36-33(45)38(31(27)43)23-6-4-8-25(40)19-23/h4-17,19-20,40-41H,2-3,18H2,1H3,(H,37,46)(H,36,42,45)/b13-11?,21-10?,27-12+. The molecule has 0 bridgehead atoms. The molecule has 13 nitrogen and oxygen atoms in total. The van der Waals surface area contributed by atoms with Crippen molar-refractivity contribution in [2.45, 2.75) is 19.8 Å². The first-order chi connectivity index (χ1) is 22.7. The number of imide groups is 2. The van der Waals surface area contributed by atoms with Crippen molar-refractivity contribution in [3.8, 4) is 23.1 Å². The minimum absolute atomic E-state index is 0.0104. The van der Waals surface area contributed by atoms with Gasteiger partial charge in [-0.15, -0.1) is 0 Å². The van der Waals surface area contributed by atoms with E-state index < -0.39 is 29.1 Å². The molecule has 2 aromatic carbocycles. The number of aromatic amines is 1. The van der Waals surface area contributed by atoms with Crippen LogP contribution in [0.1, 0.15) is 30.9 Å². The molecule has 4 aromatic rings. The minimum atomic E-state index is -0.974. The van der Waals surface area contributed by atoms with Gasteiger partial charge in [0.25, 0.3) is 17.4 Å². The first kappa shape index (κ1) is 31.9. The van der Waals surface area contributed by atoms with Gasteiger partial charge in [0.15, 0.2) is 0 Å². The van der Waals surface area contributed by atoms with E-state index >= 15 is 0 Å². The number of hydrogen-bond donors (Lipinski definition) is 4. The number of amides is 4. The van der Waals surface area contributed by atoms with Crippen LogP contribution in [0.15, 0.2) is 106 Å². The van der Waals surface area contributed by atoms with Crippen LogP contribution in [-0.2, 0) is 9.59 Å². The third-order valence-electron chi connectivity index (χ3n) is 7.00. The van der Waals surface area contributed by atoms with E-state index in [4.69, 9.17) is 4.74 Å². The predicted octanol–water partition coefficient (Wildman–Crippen LogP) is 3.82. The van der Waals surface area contributed by atoms with Crippen LogP contribution in [0, 0.1) is 0 Å². The van der Waals surface area contributed by atoms with Gasteiger partial charge in [-0.1, -0.05) is 37.6 Å². The molecule has 0 unspecified atom stereocenters. The monoisotopic (exact) mass is 635 g/mol. The fourth-order valence-electron chi connectivity index (χ4n) is 4.66. The van der Waals surface area contributed by atoms with Crippen LogP contribution >= 0.6 is 0 Å². The quantitative estimate of drug-likeness (QED) is 0.0871. The average Bonchev–Trinajstić information content (AvgIpc) is 3.03. The summed E-state index contributed by atoms with van der Waals surface area (Å²) >= 11 is 0. The number of carbonyl (C=O) groups is 3. The molecule has 4 amide bonds. The summed E-state index contributed by atoms with van der Waals surface area (Å²) in [5, 5.41) is 22.0. The summed E-state index contributed by atoms with van der Waals surface area (Å²) in [6.07, 6.45) is 10.2. The Morgan fingerprint density at radius 2 is 1.62 bits per heavy atom. The Morgan fingerprint density at radius 3 is 2.30 bits per heavy atom. The van der Waals surface area contributed by atoms with Crippen molar-refractivity contribution in [2.75, 3.05) is 11.5 Å². The zero-order chi connectivity index (χ0) is 33.5. The van der Waals surface area contributed by atoms with Gasteiger partial charge in [-0.05, 0) is 66.1 Å². The largest absolute Gasteiger partial charge is 0.508 e. The molecule has 5 rings (SSSR count). The molecule has 0 spiro atoms. The number of phenolic OH excluding ortho intramolecular Hbond substituents is 2. The molecule has 1 saturated heterocycles. The van der Waals surface area contributed by atoms with Crippen molar-refractivity contribution in [3.63, 3.8) is 0 Å². The SMILES string of the molecule is CCCCOc1[nH]c(=O)n(-c2cccc(O)c2)c(=O)c1C=CC(=C/C=C1\C(=O)NC(=O)N(c2cccc(O)c2)C1=O)c1ccncc1. The Balaban J connectivity index is 1.61. The van der Waals surface area contributed by atoms with Gasteiger partial charge in [-0.25, -0.2) is 19.1 Å². The maximum Gasteiger partial charge on any atom is 0.335 e. The van der Waals surface area contributed by atoms with Gasteiger partial charge in [0.05, 0.1) is 18.0 Å². The second kappa shape index (κ2) is 14.1. The van der Waals surface area contributed by atoms with Crippen LogP contribution in [-0.4, -0.2) is 49.2 Å². The van der Waals surface area contributed by atoms with E-state index in [9.17, 15) is 34.2 Å². The van der Waals surface area contributed by atoms with E-state index in [1.54, 1.807) is 12.1 Å². The van der Waals surface area contributed by atoms with Crippen LogP contribution < -0.4 is 26.2 Å². The number of hydrogen-bond acceptors (Lipinski definition) is 9. The summed E-state index contributed by atoms with van der Waals surface area (Å²) in [7, 11) is 0. The number of benzene rings is 2. The molecule has 1 aliphatic rings. The Morgan fingerprint density at radius 1 is 0.936 bits per heavy atom. The summed E-state index contributed by atoms with van der Waals surface area (Å²) < 4.78 is 6.65. The lowest BCUT2D eigenvalue weighted by Crippen LogP contribution is -2.54. The lowest BCUT2D eigenvalue weighted by atomic mass is 10.0. The van der Waals surface area contributed by atoms with E-state index in [1.165, 1.54) is 85.2 Å². The number of rotatable bonds is 10. The molecule has 13 heteroatoms. The number of unbranched alkanes of at least 4 members (excludes halogenated alkanes) is 1. The molecule has 0 radical (unpaired) electrons. The number of anilines is 1. The van der Waals surface area contributed by atoms with Crippen LogP contribution in [0.5, 0.6) is 17.4 Å². The van der Waals surface area contributed by atoms with Crippen molar-refractivity contribution < 1.29 is 29.3 Å². The van der Waals surface area contributed by atoms with Gasteiger partial charge in [-0.3, -0.25) is 29.7 Å². The summed E-state index contributed by atoms with van der Waals surface area (Å²) in [4.78, 5) is 72.8. The molecule has 47 heavy (non-hydrogen) atoms. The summed E-state index contributed by atoms with van der Waals surface area (Å²) in [5.41, 5.74) is -0.688. The van der Waals surface area contributed by atoms with E-state index in [-0.39, 0.29) is 46.5 Å². The first-order valence-electron chi connectivity index (χ1n) is 14.5. The first-order valence-corrected chi connectivity index (χ1v) is 14.5. The molecule has 1 fully saturated rings. The number of nitrogens with one attached hydrogen (secondary N) is 2. The topological polar surface area (TPSA) is 184 Å². The van der Waals surface area contributed by atoms with Crippen molar-refractivity contribution in [1.82, 2.24) is 19.9 Å². The highest BCUT2D eigenvalue weighted by Gasteiger charge is 2.36. The van der Waals surface area contributed by atoms with Crippen molar-refractivity contribution in [1.29, 1.82) is 0 Å². The lowest BCUT2D eigenvalue weighted by Gasteiger charge is -2.26. The number of barbiturate groups is 1. The van der Waals surface area contributed by atoms with E-state index in [0.717, 1.165) is 15.9 Å². The molecule has 2 aromatic heterocycles. The van der Waals surface area contributed by atoms with Gasteiger partial charge in [0, 0.05) is 24.5 Å². The van der Waals surface area contributed by atoms with Crippen molar-refractivity contribution in [3.05, 3.63) is 129 Å². The van der Waals surface area contributed by atoms with E-state index in [0.29, 0.717) is 17.6 Å². The highest BCUT2D eigenvalue weighted by molar-refractivity contribution is 6.37. The zero-order valence-corrected chi connectivity index (χ0v) is 25.0. The van der Waals surface area contributed by atoms with Crippen LogP contribution in [0.4, 0.5) is 10.5 Å². The highest BCUT2D eigenvalue weighted by Crippen LogP contribution is 2.25. The molecule has 0 atom stereocenters. The number of urea groups is 1. The summed E-state index contributed by atoms with van der Waals surface area (Å²) in [5.74, 6) is -2.22. The van der Waals surface area contributed by atoms with Gasteiger partial charge in [0.2, 0.25) is 5.88 Å². The third-order valence-corrected chi connectivity index (χ3v) is 7.00. The van der Waals surface area contributed by atoms with E-state index in [1.807, 2.05) is 6.92 Å². The normalized spacial score (nSPS) is 14.6. The molecular formula is C34H29N5O8. The Kier molecular flexibility index (Phi) is 9.55. The predicted molar refractivity (Wildman–Crippen MR) is 173 cm³/mol. The Bertz CT molecular complexity index is 2060. The van der Waals surface area contributed by atoms with Gasteiger partial charge >= 0.3 is 11.7 Å². The Hall–Kier alpha value is -6.50. The summed E-state index contributed by atoms with van der Waals surface area (Å²) in [6.45, 7) is 2.19. The number of ether oxygens (including phenoxy) is 1. The molecule has 238 valence electrons. The fourth-order valence-corrected chi connectivity index (χ4v) is 4.66. The lowest BCUT2D eigenvalue weighted by molar-refractivity contribution is -0.122. The molecule has 4 N–H and O–H groups in total. The van der Waals surface area contributed by atoms with Crippen molar-refractivity contribution in [2.24, 2.45) is 0 Å². The number of aromatic hydroxyl groups is 2. The van der Waals surface area contributed by atoms with Crippen LogP contribution in [0.3, 0.4) is 0 Å².